The van der Waals surface area contributed by atoms with Crippen LogP contribution in [0.4, 0.5) is 119 Å². The van der Waals surface area contributed by atoms with Crippen molar-refractivity contribution in [3.63, 3.8) is 0 Å². The summed E-state index contributed by atoms with van der Waals surface area (Å²) < 4.78 is 0. The molecule has 141 heavy (non-hydrogen) atoms. The predicted molar refractivity (Wildman–Crippen MR) is 598 cm³/mol. The Morgan fingerprint density at radius 3 is 0.248 bits per heavy atom. The Bertz CT molecular complexity index is 7250. The molecular formula is C134H103N7. The van der Waals surface area contributed by atoms with Gasteiger partial charge < -0.3 is 34.3 Å². The van der Waals surface area contributed by atoms with Gasteiger partial charge in [-0.15, -0.1) is 0 Å². The molecule has 22 rings (SSSR count). The second kappa shape index (κ2) is 42.1. The zero-order valence-electron chi connectivity index (χ0n) is 78.6. The van der Waals surface area contributed by atoms with Gasteiger partial charge in [0.15, 0.2) is 0 Å². The van der Waals surface area contributed by atoms with E-state index in [0.29, 0.717) is 0 Å². The van der Waals surface area contributed by atoms with Crippen LogP contribution in [0.5, 0.6) is 0 Å². The molecule has 0 atom stereocenters. The summed E-state index contributed by atoms with van der Waals surface area (Å²) in [5, 5.41) is 0. The van der Waals surface area contributed by atoms with Crippen molar-refractivity contribution in [1.82, 2.24) is 0 Å². The van der Waals surface area contributed by atoms with Crippen molar-refractivity contribution in [3.8, 4) is 66.8 Å². The zero-order chi connectivity index (χ0) is 94.8. The van der Waals surface area contributed by atoms with E-state index in [9.17, 15) is 0 Å². The summed E-state index contributed by atoms with van der Waals surface area (Å²) in [6.07, 6.45) is 0. The Morgan fingerprint density at radius 1 is 0.0780 bits per heavy atom. The Kier molecular flexibility index (Phi) is 26.6. The molecule has 0 N–H and O–H groups in total. The van der Waals surface area contributed by atoms with Crippen molar-refractivity contribution in [3.05, 3.63) is 600 Å². The molecule has 674 valence electrons. The minimum atomic E-state index is 1.07. The van der Waals surface area contributed by atoms with Gasteiger partial charge in [-0.05, 0) is 335 Å². The first kappa shape index (κ1) is 89.0. The largest absolute Gasteiger partial charge is 0.311 e. The fraction of sp³-hybridized carbons (Fsp3) is 0.0149. The monoisotopic (exact) mass is 1810 g/mol. The smallest absolute Gasteiger partial charge is 0.0462 e. The number of rotatable bonds is 27. The molecule has 0 bridgehead atoms. The van der Waals surface area contributed by atoms with Crippen molar-refractivity contribution in [2.75, 3.05) is 34.3 Å². The van der Waals surface area contributed by atoms with Crippen molar-refractivity contribution >= 4 is 119 Å². The molecule has 7 heteroatoms. The van der Waals surface area contributed by atoms with E-state index >= 15 is 0 Å². The number of para-hydroxylation sites is 9. The summed E-state index contributed by atoms with van der Waals surface area (Å²) in [6.45, 7) is 4.25. The van der Waals surface area contributed by atoms with Gasteiger partial charge in [-0.25, -0.2) is 0 Å². The molecule has 22 aromatic carbocycles. The lowest BCUT2D eigenvalue weighted by atomic mass is 10.0. The van der Waals surface area contributed by atoms with Crippen LogP contribution in [0.1, 0.15) is 11.1 Å². The van der Waals surface area contributed by atoms with E-state index in [4.69, 9.17) is 0 Å². The van der Waals surface area contributed by atoms with Crippen LogP contribution in [-0.2, 0) is 0 Å². The Balaban J connectivity index is 0.000000170. The highest BCUT2D eigenvalue weighted by molar-refractivity contribution is 5.89. The van der Waals surface area contributed by atoms with Crippen molar-refractivity contribution < 1.29 is 0 Å². The molecule has 0 unspecified atom stereocenters. The standard InChI is InChI=1S/C73H56N4.C61H47N3/c1-55-27-41-67(42-28-55)76(66-25-15-6-16-26-66)70-47-33-58(34-48-70)61-39-53-73(54-40-61)77(71-49-35-59(36-50-71)56-29-43-68(44-30-56)74(62-17-7-2-8-18-62)63-19-9-3-10-20-63)72-51-37-60(38-52-72)57-31-45-69(46-32-57)75(64-21-11-4-12-22-64)65-23-13-5-14-24-65;1-46-22-24-47(25-23-46)48-26-40-59(41-27-48)64(60-42-32-51(33-43-60)49-28-36-57(37-29-49)62(53-14-6-2-7-15-53)54-16-8-3-9-17-54)61-44-34-52(35-45-61)50-30-38-58(39-31-50)63(55-18-10-4-11-19-55)56-20-12-5-13-21-56/h2-54H,1H3;2-45H,1H3. The van der Waals surface area contributed by atoms with Crippen molar-refractivity contribution in [2.24, 2.45) is 0 Å². The van der Waals surface area contributed by atoms with Gasteiger partial charge in [0.2, 0.25) is 0 Å². The van der Waals surface area contributed by atoms with Gasteiger partial charge in [-0.3, -0.25) is 0 Å². The first-order valence-corrected chi connectivity index (χ1v) is 48.1. The van der Waals surface area contributed by atoms with E-state index in [1.54, 1.807) is 0 Å². The minimum Gasteiger partial charge on any atom is -0.311 e. The van der Waals surface area contributed by atoms with E-state index in [0.717, 1.165) is 175 Å². The summed E-state index contributed by atoms with van der Waals surface area (Å²) in [6, 6.07) is 210. The van der Waals surface area contributed by atoms with Gasteiger partial charge in [0.1, 0.15) is 0 Å². The number of hydrogen-bond donors (Lipinski definition) is 0. The van der Waals surface area contributed by atoms with E-state index in [1.807, 2.05) is 0 Å². The number of anilines is 21. The van der Waals surface area contributed by atoms with Crippen LogP contribution in [0.15, 0.2) is 588 Å². The molecule has 0 fully saturated rings. The van der Waals surface area contributed by atoms with Crippen molar-refractivity contribution in [2.45, 2.75) is 13.8 Å². The average molecular weight is 1810 g/mol. The highest BCUT2D eigenvalue weighted by Gasteiger charge is 2.23. The normalized spacial score (nSPS) is 10.9. The highest BCUT2D eigenvalue weighted by atomic mass is 15.2. The molecule has 0 aliphatic heterocycles. The fourth-order valence-corrected chi connectivity index (χ4v) is 18.6. The van der Waals surface area contributed by atoms with Gasteiger partial charge in [0.25, 0.3) is 0 Å². The average Bonchev–Trinajstić information content (AvgIpc) is 0.773. The van der Waals surface area contributed by atoms with Gasteiger partial charge in [-0.1, -0.05) is 345 Å². The summed E-state index contributed by atoms with van der Waals surface area (Å²) in [5.41, 5.74) is 39.6. The molecule has 0 aliphatic rings. The zero-order valence-corrected chi connectivity index (χ0v) is 78.6. The molecule has 22 aromatic rings. The lowest BCUT2D eigenvalue weighted by molar-refractivity contribution is 1.27. The summed E-state index contributed by atoms with van der Waals surface area (Å²) in [5.74, 6) is 0. The predicted octanol–water partition coefficient (Wildman–Crippen LogP) is 38.3. The molecule has 0 amide bonds. The molecular weight excluding hydrogens is 1710 g/mol. The summed E-state index contributed by atoms with van der Waals surface area (Å²) in [4.78, 5) is 16.2. The third-order valence-corrected chi connectivity index (χ3v) is 25.9. The number of aryl methyl sites for hydroxylation is 2. The van der Waals surface area contributed by atoms with Gasteiger partial charge in [0, 0.05) is 119 Å². The molecule has 0 heterocycles. The van der Waals surface area contributed by atoms with E-state index in [2.05, 4.69) is 637 Å². The molecule has 0 aliphatic carbocycles. The first-order chi connectivity index (χ1) is 69.7. The quantitative estimate of drug-likeness (QED) is 0.0505. The third kappa shape index (κ3) is 20.4. The van der Waals surface area contributed by atoms with Crippen LogP contribution in [0.3, 0.4) is 0 Å². The molecule has 0 spiro atoms. The number of nitrogens with zero attached hydrogens (tertiary/aromatic N) is 7. The summed E-state index contributed by atoms with van der Waals surface area (Å²) >= 11 is 0. The van der Waals surface area contributed by atoms with E-state index < -0.39 is 0 Å². The van der Waals surface area contributed by atoms with Crippen LogP contribution in [0.2, 0.25) is 0 Å². The molecule has 0 saturated heterocycles. The molecule has 0 radical (unpaired) electrons. The minimum absolute atomic E-state index is 1.07. The molecule has 0 saturated carbocycles. The van der Waals surface area contributed by atoms with Crippen LogP contribution in [0, 0.1) is 13.8 Å². The van der Waals surface area contributed by atoms with Crippen LogP contribution < -0.4 is 34.3 Å². The fourth-order valence-electron chi connectivity index (χ4n) is 18.6. The maximum atomic E-state index is 2.35. The maximum absolute atomic E-state index is 2.35. The Morgan fingerprint density at radius 2 is 0.149 bits per heavy atom. The molecule has 0 aromatic heterocycles. The van der Waals surface area contributed by atoms with Crippen LogP contribution in [0.25, 0.3) is 66.8 Å². The number of hydrogen-bond acceptors (Lipinski definition) is 7. The Labute approximate surface area is 828 Å². The first-order valence-electron chi connectivity index (χ1n) is 48.1. The van der Waals surface area contributed by atoms with Gasteiger partial charge in [0.05, 0.1) is 0 Å². The summed E-state index contributed by atoms with van der Waals surface area (Å²) in [7, 11) is 0. The third-order valence-electron chi connectivity index (χ3n) is 25.9. The van der Waals surface area contributed by atoms with Crippen molar-refractivity contribution in [1.29, 1.82) is 0 Å². The topological polar surface area (TPSA) is 22.7 Å². The van der Waals surface area contributed by atoms with E-state index in [1.165, 1.54) is 22.3 Å². The second-order valence-electron chi connectivity index (χ2n) is 35.1. The lowest BCUT2D eigenvalue weighted by Gasteiger charge is -2.27. The van der Waals surface area contributed by atoms with Gasteiger partial charge >= 0.3 is 0 Å². The highest BCUT2D eigenvalue weighted by Crippen LogP contribution is 2.47. The Hall–Kier alpha value is -18.6. The maximum Gasteiger partial charge on any atom is 0.0462 e. The second-order valence-corrected chi connectivity index (χ2v) is 35.1. The SMILES string of the molecule is Cc1ccc(-c2ccc(N(c3ccc(-c4ccc(N(c5ccccc5)c5ccccc5)cc4)cc3)c3ccc(-c4ccc(N(c5ccccc5)c5ccccc5)cc4)cc3)cc2)cc1.Cc1ccc(N(c2ccccc2)c2ccc(-c3ccc(N(c4ccc(-c5ccc(N(c6ccccc6)c6ccccc6)cc5)cc4)c4ccc(-c5ccc(N(c6ccccc6)c6ccccc6)cc5)cc4)cc3)cc2)cc1. The lowest BCUT2D eigenvalue weighted by Crippen LogP contribution is -2.10. The number of benzene rings is 22. The van der Waals surface area contributed by atoms with E-state index in [-0.39, 0.29) is 0 Å². The van der Waals surface area contributed by atoms with Crippen LogP contribution in [-0.4, -0.2) is 0 Å². The van der Waals surface area contributed by atoms with Gasteiger partial charge in [-0.2, -0.15) is 0 Å². The molecule has 7 nitrogen and oxygen atoms in total. The van der Waals surface area contributed by atoms with Crippen LogP contribution >= 0.6 is 0 Å².